The zero-order valence-corrected chi connectivity index (χ0v) is 53.0. The Morgan fingerprint density at radius 2 is 1.01 bits per heavy atom. The molecule has 8 aromatic carbocycles. The highest BCUT2D eigenvalue weighted by Gasteiger charge is 2.49. The fourth-order valence-electron chi connectivity index (χ4n) is 15.2. The van der Waals surface area contributed by atoms with Crippen LogP contribution in [0.2, 0.25) is 0 Å². The molecule has 1 aromatic heterocycles. The van der Waals surface area contributed by atoms with E-state index >= 15 is 0 Å². The van der Waals surface area contributed by atoms with Gasteiger partial charge in [-0.25, -0.2) is 0 Å². The Kier molecular flexibility index (Phi) is 11.2. The Labute approximate surface area is 500 Å². The van der Waals surface area contributed by atoms with Crippen molar-refractivity contribution < 1.29 is 4.11 Å². The summed E-state index contributed by atoms with van der Waals surface area (Å²) in [5.41, 5.74) is 23.3. The normalized spacial score (nSPS) is 18.1. The average Bonchev–Trinajstić information content (AvgIpc) is 1.48. The summed E-state index contributed by atoms with van der Waals surface area (Å²) in [6, 6.07) is 53.4. The van der Waals surface area contributed by atoms with Crippen molar-refractivity contribution in [3.05, 3.63) is 190 Å². The van der Waals surface area contributed by atoms with Gasteiger partial charge >= 0.3 is 0 Å². The third-order valence-electron chi connectivity index (χ3n) is 19.7. The maximum atomic E-state index is 9.49. The summed E-state index contributed by atoms with van der Waals surface area (Å²) in [4.78, 5) is 7.42. The molecule has 0 saturated carbocycles. The zero-order chi connectivity index (χ0) is 60.8. The van der Waals surface area contributed by atoms with Crippen molar-refractivity contribution >= 4 is 106 Å². The molecule has 0 unspecified atom stereocenters. The molecule has 418 valence electrons. The number of thiophene rings is 1. The number of anilines is 9. The largest absolute Gasteiger partial charge is 0.311 e. The molecule has 0 fully saturated rings. The molecule has 2 aliphatic carbocycles. The van der Waals surface area contributed by atoms with Gasteiger partial charge in [0, 0.05) is 75.5 Å². The van der Waals surface area contributed by atoms with Gasteiger partial charge in [-0.05, 0) is 216 Å². The van der Waals surface area contributed by atoms with E-state index in [4.69, 9.17) is 0 Å². The molecule has 9 aromatic rings. The van der Waals surface area contributed by atoms with Crippen LogP contribution in [0.25, 0.3) is 20.2 Å². The maximum Gasteiger partial charge on any atom is 0.252 e. The first-order valence-electron chi connectivity index (χ1n) is 31.8. The van der Waals surface area contributed by atoms with E-state index in [-0.39, 0.29) is 44.6 Å². The smallest absolute Gasteiger partial charge is 0.252 e. The molecule has 5 heteroatoms. The predicted octanol–water partition coefficient (Wildman–Crippen LogP) is 20.4. The molecule has 3 nitrogen and oxygen atoms in total. The lowest BCUT2D eigenvalue weighted by Crippen LogP contribution is -2.61. The highest BCUT2D eigenvalue weighted by Crippen LogP contribution is 2.56. The molecule has 4 aliphatic rings. The van der Waals surface area contributed by atoms with Crippen molar-refractivity contribution in [2.24, 2.45) is 0 Å². The Bertz CT molecular complexity index is 4170. The molecule has 0 N–H and O–H groups in total. The number of fused-ring (bicyclic) bond motifs is 9. The Morgan fingerprint density at radius 3 is 1.60 bits per heavy atom. The van der Waals surface area contributed by atoms with Gasteiger partial charge in [0.1, 0.15) is 0 Å². The van der Waals surface area contributed by atoms with Gasteiger partial charge in [0.25, 0.3) is 6.71 Å². The van der Waals surface area contributed by atoms with Crippen molar-refractivity contribution in [2.75, 3.05) is 14.7 Å². The number of aryl methyl sites for hydroxylation is 2. The molecular formula is C77H86BN3S. The van der Waals surface area contributed by atoms with Crippen LogP contribution in [0.15, 0.2) is 140 Å². The third kappa shape index (κ3) is 8.54. The fourth-order valence-corrected chi connectivity index (χ4v) is 16.6. The van der Waals surface area contributed by atoms with Crippen molar-refractivity contribution in [2.45, 2.75) is 189 Å². The quantitative estimate of drug-likeness (QED) is 0.159. The van der Waals surface area contributed by atoms with Crippen molar-refractivity contribution in [3.8, 4) is 0 Å². The van der Waals surface area contributed by atoms with Crippen LogP contribution in [-0.4, -0.2) is 6.71 Å². The van der Waals surface area contributed by atoms with Gasteiger partial charge in [0.2, 0.25) is 0 Å². The molecule has 0 bridgehead atoms. The molecule has 0 atom stereocenters. The van der Waals surface area contributed by atoms with E-state index in [2.05, 4.69) is 273 Å². The van der Waals surface area contributed by atoms with Gasteiger partial charge in [-0.1, -0.05) is 178 Å². The van der Waals surface area contributed by atoms with E-state index in [0.29, 0.717) is 5.56 Å². The molecule has 0 saturated heterocycles. The molecule has 2 aliphatic heterocycles. The lowest BCUT2D eigenvalue weighted by molar-refractivity contribution is 0.332. The second-order valence-corrected chi connectivity index (χ2v) is 31.8. The van der Waals surface area contributed by atoms with Gasteiger partial charge in [-0.15, -0.1) is 11.3 Å². The lowest BCUT2D eigenvalue weighted by atomic mass is 9.33. The summed E-state index contributed by atoms with van der Waals surface area (Å²) in [7, 11) is 0. The summed E-state index contributed by atoms with van der Waals surface area (Å²) in [6.07, 6.45) is 3.24. The van der Waals surface area contributed by atoms with E-state index < -0.39 is 6.85 Å². The summed E-state index contributed by atoms with van der Waals surface area (Å²) < 4.78 is 31.0. The summed E-state index contributed by atoms with van der Waals surface area (Å²) in [6.45, 7) is 39.6. The van der Waals surface area contributed by atoms with Gasteiger partial charge in [0.15, 0.2) is 0 Å². The van der Waals surface area contributed by atoms with Crippen LogP contribution >= 0.6 is 11.3 Å². The highest BCUT2D eigenvalue weighted by molar-refractivity contribution is 7.26. The Hall–Kier alpha value is -6.56. The van der Waals surface area contributed by atoms with Gasteiger partial charge in [0.05, 0.1) is 0 Å². The van der Waals surface area contributed by atoms with Crippen LogP contribution < -0.4 is 31.1 Å². The van der Waals surface area contributed by atoms with Gasteiger partial charge in [-0.3, -0.25) is 0 Å². The number of benzene rings is 8. The van der Waals surface area contributed by atoms with E-state index in [1.54, 1.807) is 0 Å². The first-order valence-corrected chi connectivity index (χ1v) is 31.1. The molecule has 82 heavy (non-hydrogen) atoms. The van der Waals surface area contributed by atoms with Gasteiger partial charge in [-0.2, -0.15) is 0 Å². The minimum absolute atomic E-state index is 0.0149. The van der Waals surface area contributed by atoms with Crippen LogP contribution in [0.1, 0.15) is 191 Å². The summed E-state index contributed by atoms with van der Waals surface area (Å²) in [5.74, 6) is 0. The second-order valence-electron chi connectivity index (χ2n) is 30.8. The maximum absolute atomic E-state index is 9.49. The molecule has 3 heterocycles. The predicted molar refractivity (Wildman–Crippen MR) is 360 cm³/mol. The first-order chi connectivity index (χ1) is 39.5. The van der Waals surface area contributed by atoms with Crippen molar-refractivity contribution in [1.29, 1.82) is 0 Å². The Morgan fingerprint density at radius 1 is 0.488 bits per heavy atom. The van der Waals surface area contributed by atoms with Crippen LogP contribution in [0.5, 0.6) is 0 Å². The van der Waals surface area contributed by atoms with Crippen molar-refractivity contribution in [3.63, 3.8) is 0 Å². The third-order valence-corrected chi connectivity index (χ3v) is 20.9. The number of rotatable bonds is 5. The van der Waals surface area contributed by atoms with Gasteiger partial charge < -0.3 is 14.7 Å². The second kappa shape index (κ2) is 18.0. The molecule has 0 radical (unpaired) electrons. The summed E-state index contributed by atoms with van der Waals surface area (Å²) >= 11 is 1.87. The average molecular weight is 1100 g/mol. The van der Waals surface area contributed by atoms with Crippen LogP contribution in [0.4, 0.5) is 51.2 Å². The van der Waals surface area contributed by atoms with E-state index in [1.807, 2.05) is 17.4 Å². The number of hydrogen-bond acceptors (Lipinski definition) is 4. The lowest BCUT2D eigenvalue weighted by Gasteiger charge is -2.47. The van der Waals surface area contributed by atoms with E-state index in [1.165, 1.54) is 75.6 Å². The van der Waals surface area contributed by atoms with Crippen LogP contribution in [0.3, 0.4) is 0 Å². The monoisotopic (exact) mass is 1100 g/mol. The fraction of sp³-hybridized carbons (Fsp3) is 0.377. The SMILES string of the molecule is [2H]C([2H])([2H])c1cc2c3c(c1)N(c1cc4c(cc1C)C(C)(C)CCC4(C)C)c1cc4c(cc1B3c1ccc(N(c3ccc(C(C)(C)C)cc3)c3ccc(C(C)(C)C)cc3)cc1N2c1cc(C(C)(C)C)c2sc3ccccc3c2c1)C(C)(C)CC4(C)C. The molecule has 13 rings (SSSR count). The summed E-state index contributed by atoms with van der Waals surface area (Å²) in [5, 5.41) is 2.44. The molecular weight excluding hydrogens is 1010 g/mol. The molecule has 0 amide bonds. The standard InChI is InChI=1S/C77H86BN3S/c1-46-36-66-69-67(37-46)81(63-43-58-56(38-47(63)2)74(12,13)34-35-75(58,14)15)65-44-59-57(76(16,17)45-77(59,18)19)42-62(65)78(69)61-33-32-52(79(50-28-24-48(25-29-50)71(3,4)5)51-30-26-49(27-31-51)72(6,7)8)41-64(61)80(66)53-39-55-54-22-20-21-23-68(54)82-70(55)60(40-53)73(9,10)11/h20-33,36-44H,34-35,45H2,1-19H3/i1D3. The minimum atomic E-state index is -2.43. The number of nitrogens with zero attached hydrogens (tertiary/aromatic N) is 3. The van der Waals surface area contributed by atoms with Crippen molar-refractivity contribution in [1.82, 2.24) is 0 Å². The Balaban J connectivity index is 1.17. The number of hydrogen-bond donors (Lipinski definition) is 0. The van der Waals surface area contributed by atoms with Crippen LogP contribution in [0, 0.1) is 13.8 Å². The van der Waals surface area contributed by atoms with Crippen LogP contribution in [-0.2, 0) is 37.9 Å². The first kappa shape index (κ1) is 51.1. The van der Waals surface area contributed by atoms with E-state index in [0.717, 1.165) is 75.9 Å². The molecule has 0 spiro atoms. The van der Waals surface area contributed by atoms with E-state index in [9.17, 15) is 4.11 Å². The zero-order valence-electron chi connectivity index (χ0n) is 55.2. The minimum Gasteiger partial charge on any atom is -0.311 e. The topological polar surface area (TPSA) is 9.72 Å². The highest BCUT2D eigenvalue weighted by atomic mass is 32.1.